The van der Waals surface area contributed by atoms with Crippen LogP contribution in [0.2, 0.25) is 0 Å². The number of nitro benzene ring substituents is 1. The first kappa shape index (κ1) is 15.2. The van der Waals surface area contributed by atoms with Gasteiger partial charge in [-0.1, -0.05) is 0 Å². The summed E-state index contributed by atoms with van der Waals surface area (Å²) in [7, 11) is 0. The molecule has 0 aliphatic heterocycles. The molecule has 0 fully saturated rings. The van der Waals surface area contributed by atoms with Crippen molar-refractivity contribution in [2.75, 3.05) is 5.32 Å². The lowest BCUT2D eigenvalue weighted by Crippen LogP contribution is -2.16. The number of non-ortho nitro benzene ring substituents is 1. The summed E-state index contributed by atoms with van der Waals surface area (Å²) in [4.78, 5) is 12.0. The maximum Gasteiger partial charge on any atom is 0.271 e. The van der Waals surface area contributed by atoms with Gasteiger partial charge in [0.05, 0.1) is 19.5 Å². The molecule has 1 unspecified atom stereocenters. The molecule has 21 heavy (non-hydrogen) atoms. The van der Waals surface area contributed by atoms with Crippen LogP contribution in [0, 0.1) is 13.0 Å². The standard InChI is InChI=1S/C14H12BrIN2O2S/c15-10-5-4-8(18(19)20)6-12(10)17-11-2-1-3-13-9(11)7-14(16)21-13/h4-7,11,17H,1-3H2. The van der Waals surface area contributed by atoms with Crippen LogP contribution in [0.15, 0.2) is 28.7 Å². The average molecular weight is 479 g/mol. The molecule has 0 radical (unpaired) electrons. The zero-order valence-corrected chi connectivity index (χ0v) is 15.5. The van der Waals surface area contributed by atoms with Crippen LogP contribution in [0.5, 0.6) is 0 Å². The SMILES string of the molecule is O=[N+]([O-])c1ccc(Br)c(NC2CCCc3sc(I)cc32)c1. The van der Waals surface area contributed by atoms with E-state index in [4.69, 9.17) is 0 Å². The summed E-state index contributed by atoms with van der Waals surface area (Å²) >= 11 is 7.67. The highest BCUT2D eigenvalue weighted by Crippen LogP contribution is 2.39. The molecule has 1 aliphatic rings. The second-order valence-corrected chi connectivity index (χ2v) is 8.82. The van der Waals surface area contributed by atoms with Crippen LogP contribution in [0.3, 0.4) is 0 Å². The molecular weight excluding hydrogens is 467 g/mol. The number of hydrogen-bond donors (Lipinski definition) is 1. The van der Waals surface area contributed by atoms with Gasteiger partial charge in [0.2, 0.25) is 0 Å². The van der Waals surface area contributed by atoms with E-state index in [-0.39, 0.29) is 16.7 Å². The van der Waals surface area contributed by atoms with Crippen molar-refractivity contribution < 1.29 is 4.92 Å². The van der Waals surface area contributed by atoms with Crippen LogP contribution in [-0.4, -0.2) is 4.92 Å². The van der Waals surface area contributed by atoms with Crippen molar-refractivity contribution in [3.05, 3.63) is 52.2 Å². The highest BCUT2D eigenvalue weighted by Gasteiger charge is 2.23. The van der Waals surface area contributed by atoms with Gasteiger partial charge in [0.25, 0.3) is 5.69 Å². The van der Waals surface area contributed by atoms with E-state index in [1.165, 1.54) is 19.4 Å². The van der Waals surface area contributed by atoms with Gasteiger partial charge in [-0.05, 0) is 75.5 Å². The van der Waals surface area contributed by atoms with Gasteiger partial charge in [-0.2, -0.15) is 0 Å². The summed E-state index contributed by atoms with van der Waals surface area (Å²) in [5.74, 6) is 0. The maximum absolute atomic E-state index is 10.9. The maximum atomic E-state index is 10.9. The molecular formula is C14H12BrIN2O2S. The van der Waals surface area contributed by atoms with E-state index in [1.807, 2.05) is 11.3 Å². The molecule has 1 aliphatic carbocycles. The topological polar surface area (TPSA) is 55.2 Å². The number of aryl methyl sites for hydroxylation is 1. The number of halogens is 2. The molecule has 1 aromatic carbocycles. The van der Waals surface area contributed by atoms with Gasteiger partial charge in [-0.25, -0.2) is 0 Å². The molecule has 1 atom stereocenters. The normalized spacial score (nSPS) is 17.3. The van der Waals surface area contributed by atoms with Crippen molar-refractivity contribution in [1.82, 2.24) is 0 Å². The van der Waals surface area contributed by atoms with Gasteiger partial charge >= 0.3 is 0 Å². The monoisotopic (exact) mass is 478 g/mol. The van der Waals surface area contributed by atoms with E-state index in [0.29, 0.717) is 0 Å². The Labute approximate surface area is 148 Å². The fourth-order valence-electron chi connectivity index (χ4n) is 2.60. The number of hydrogen-bond acceptors (Lipinski definition) is 4. The highest BCUT2D eigenvalue weighted by atomic mass is 127. The van der Waals surface area contributed by atoms with Crippen LogP contribution in [0.25, 0.3) is 0 Å². The largest absolute Gasteiger partial charge is 0.377 e. The molecule has 110 valence electrons. The second-order valence-electron chi connectivity index (χ2n) is 4.94. The lowest BCUT2D eigenvalue weighted by molar-refractivity contribution is -0.384. The number of fused-ring (bicyclic) bond motifs is 1. The number of anilines is 1. The van der Waals surface area contributed by atoms with Gasteiger partial charge in [-0.3, -0.25) is 10.1 Å². The van der Waals surface area contributed by atoms with Gasteiger partial charge in [0.15, 0.2) is 0 Å². The number of rotatable bonds is 3. The number of thiophene rings is 1. The molecule has 0 spiro atoms. The van der Waals surface area contributed by atoms with Crippen molar-refractivity contribution in [2.24, 2.45) is 0 Å². The number of benzene rings is 1. The minimum absolute atomic E-state index is 0.108. The molecule has 0 saturated carbocycles. The van der Waals surface area contributed by atoms with E-state index in [1.54, 1.807) is 12.1 Å². The van der Waals surface area contributed by atoms with Gasteiger partial charge in [0, 0.05) is 21.5 Å². The summed E-state index contributed by atoms with van der Waals surface area (Å²) in [6, 6.07) is 7.28. The lowest BCUT2D eigenvalue weighted by Gasteiger charge is -2.25. The van der Waals surface area contributed by atoms with Crippen LogP contribution in [0.1, 0.15) is 29.3 Å². The van der Waals surface area contributed by atoms with Crippen LogP contribution >= 0.6 is 49.9 Å². The summed E-state index contributed by atoms with van der Waals surface area (Å²) in [6.07, 6.45) is 3.33. The molecule has 3 rings (SSSR count). The first-order chi connectivity index (χ1) is 10.0. The molecule has 1 N–H and O–H groups in total. The lowest BCUT2D eigenvalue weighted by atomic mass is 9.94. The van der Waals surface area contributed by atoms with Crippen LogP contribution in [0.4, 0.5) is 11.4 Å². The molecule has 0 amide bonds. The Balaban J connectivity index is 1.91. The fourth-order valence-corrected chi connectivity index (χ4v) is 5.08. The predicted molar refractivity (Wildman–Crippen MR) is 97.1 cm³/mol. The van der Waals surface area contributed by atoms with Crippen molar-refractivity contribution in [2.45, 2.75) is 25.3 Å². The Bertz CT molecular complexity index is 704. The first-order valence-electron chi connectivity index (χ1n) is 6.53. The van der Waals surface area contributed by atoms with Crippen molar-refractivity contribution >= 4 is 61.2 Å². The fraction of sp³-hybridized carbons (Fsp3) is 0.286. The molecule has 0 bridgehead atoms. The van der Waals surface area contributed by atoms with Crippen molar-refractivity contribution in [3.63, 3.8) is 0 Å². The Morgan fingerprint density at radius 3 is 3.00 bits per heavy atom. The quantitative estimate of drug-likeness (QED) is 0.359. The molecule has 1 aromatic heterocycles. The third-order valence-electron chi connectivity index (χ3n) is 3.57. The third-order valence-corrected chi connectivity index (χ3v) is 6.24. The summed E-state index contributed by atoms with van der Waals surface area (Å²) in [5, 5.41) is 14.4. The molecule has 4 nitrogen and oxygen atoms in total. The Kier molecular flexibility index (Phi) is 4.51. The third kappa shape index (κ3) is 3.24. The first-order valence-corrected chi connectivity index (χ1v) is 9.22. The second kappa shape index (κ2) is 6.21. The Morgan fingerprint density at radius 1 is 1.43 bits per heavy atom. The van der Waals surface area contributed by atoms with Crippen molar-refractivity contribution in [1.29, 1.82) is 0 Å². The highest BCUT2D eigenvalue weighted by molar-refractivity contribution is 14.1. The van der Waals surface area contributed by atoms with Crippen LogP contribution in [-0.2, 0) is 6.42 Å². The number of nitro groups is 1. The summed E-state index contributed by atoms with van der Waals surface area (Å²) in [5.41, 5.74) is 2.23. The number of nitrogens with one attached hydrogen (secondary N) is 1. The molecule has 7 heteroatoms. The van der Waals surface area contributed by atoms with Gasteiger partial charge in [0.1, 0.15) is 0 Å². The van der Waals surface area contributed by atoms with E-state index >= 15 is 0 Å². The minimum Gasteiger partial charge on any atom is -0.377 e. The molecule has 0 saturated heterocycles. The zero-order chi connectivity index (χ0) is 15.0. The molecule has 2 aromatic rings. The van der Waals surface area contributed by atoms with E-state index in [2.05, 4.69) is 49.9 Å². The van der Waals surface area contributed by atoms with E-state index in [0.717, 1.165) is 29.4 Å². The predicted octanol–water partition coefficient (Wildman–Crippen LogP) is 5.51. The van der Waals surface area contributed by atoms with Gasteiger partial charge < -0.3 is 5.32 Å². The Hall–Kier alpha value is -0.670. The van der Waals surface area contributed by atoms with Gasteiger partial charge in [-0.15, -0.1) is 11.3 Å². The van der Waals surface area contributed by atoms with Crippen LogP contribution < -0.4 is 5.32 Å². The van der Waals surface area contributed by atoms with Crippen molar-refractivity contribution in [3.8, 4) is 0 Å². The zero-order valence-electron chi connectivity index (χ0n) is 10.9. The summed E-state index contributed by atoms with van der Waals surface area (Å²) in [6.45, 7) is 0. The average Bonchev–Trinajstić information content (AvgIpc) is 2.82. The van der Waals surface area contributed by atoms with E-state index < -0.39 is 0 Å². The van der Waals surface area contributed by atoms with E-state index in [9.17, 15) is 10.1 Å². The Morgan fingerprint density at radius 2 is 2.24 bits per heavy atom. The molecule has 1 heterocycles. The minimum atomic E-state index is -0.364. The summed E-state index contributed by atoms with van der Waals surface area (Å²) < 4.78 is 2.15. The smallest absolute Gasteiger partial charge is 0.271 e. The number of nitrogens with zero attached hydrogens (tertiary/aromatic N) is 1.